The van der Waals surface area contributed by atoms with Gasteiger partial charge in [0.25, 0.3) is 0 Å². The van der Waals surface area contributed by atoms with Crippen LogP contribution in [0.4, 0.5) is 10.1 Å². The van der Waals surface area contributed by atoms with Crippen LogP contribution in [-0.4, -0.2) is 83.2 Å². The van der Waals surface area contributed by atoms with E-state index >= 15 is 0 Å². The fourth-order valence-electron chi connectivity index (χ4n) is 5.85. The molecule has 2 aromatic rings. The third-order valence-electron chi connectivity index (χ3n) is 7.81. The molecule has 3 aliphatic heterocycles. The van der Waals surface area contributed by atoms with Crippen LogP contribution in [0.2, 0.25) is 0 Å². The van der Waals surface area contributed by atoms with Crippen molar-refractivity contribution in [2.75, 3.05) is 44.2 Å². The van der Waals surface area contributed by atoms with E-state index in [1.165, 1.54) is 12.1 Å². The maximum Gasteiger partial charge on any atom is 0.241 e. The topological polar surface area (TPSA) is 81.7 Å². The van der Waals surface area contributed by atoms with E-state index in [4.69, 9.17) is 0 Å². The van der Waals surface area contributed by atoms with Crippen molar-refractivity contribution >= 4 is 17.5 Å². The van der Waals surface area contributed by atoms with Gasteiger partial charge in [0.1, 0.15) is 5.82 Å². The van der Waals surface area contributed by atoms with Gasteiger partial charge in [0.05, 0.1) is 23.6 Å². The number of halogens is 1. The lowest BCUT2D eigenvalue weighted by Crippen LogP contribution is -2.61. The van der Waals surface area contributed by atoms with Gasteiger partial charge >= 0.3 is 0 Å². The van der Waals surface area contributed by atoms with Gasteiger partial charge in [-0.2, -0.15) is 10.2 Å². The van der Waals surface area contributed by atoms with Gasteiger partial charge < -0.3 is 15.1 Å². The number of benzene rings is 1. The summed E-state index contributed by atoms with van der Waals surface area (Å²) in [5, 5.41) is 12.5. The Labute approximate surface area is 218 Å². The van der Waals surface area contributed by atoms with Crippen molar-refractivity contribution in [1.29, 1.82) is 0 Å². The van der Waals surface area contributed by atoms with E-state index in [1.807, 2.05) is 15.9 Å². The van der Waals surface area contributed by atoms with E-state index in [-0.39, 0.29) is 35.1 Å². The maximum absolute atomic E-state index is 13.8. The Kier molecular flexibility index (Phi) is 7.02. The zero-order chi connectivity index (χ0) is 26.3. The van der Waals surface area contributed by atoms with Crippen molar-refractivity contribution in [1.82, 2.24) is 25.3 Å². The van der Waals surface area contributed by atoms with Crippen LogP contribution in [0.1, 0.15) is 51.1 Å². The van der Waals surface area contributed by atoms with Crippen LogP contribution in [0.15, 0.2) is 30.3 Å². The molecule has 5 rings (SSSR count). The summed E-state index contributed by atoms with van der Waals surface area (Å²) in [6.45, 7) is 12.2. The van der Waals surface area contributed by atoms with Crippen LogP contribution in [0.5, 0.6) is 0 Å². The second-order valence-corrected chi connectivity index (χ2v) is 11.7. The number of nitrogens with one attached hydrogen (secondary N) is 1. The van der Waals surface area contributed by atoms with Gasteiger partial charge in [-0.25, -0.2) is 4.39 Å². The van der Waals surface area contributed by atoms with Crippen LogP contribution in [-0.2, 0) is 21.4 Å². The SMILES string of the molecule is C[C@H]1CC(=O)N(C[C@H]2CN[C@H](C)CN2CC(=O)N2CC(C)(C)c3nnc(Cc4ccc(F)cc4)cc32)C1. The first-order chi connectivity index (χ1) is 17.6. The standard InChI is InChI=1S/C28H37FN6O2/c1-18-9-25(36)34(13-18)15-23-12-30-19(2)14-33(23)16-26(37)35-17-28(3,4)27-24(35)11-22(31-32-27)10-20-5-7-21(29)8-6-20/h5-8,11,18-19,23,30H,9-10,12-17H2,1-4H3/t18-,19+,23+/m0/s1. The number of carbonyl (C=O) groups excluding carboxylic acids is 2. The summed E-state index contributed by atoms with van der Waals surface area (Å²) >= 11 is 0. The lowest BCUT2D eigenvalue weighted by atomic mass is 9.91. The molecule has 2 fully saturated rings. The Morgan fingerprint density at radius 3 is 2.62 bits per heavy atom. The van der Waals surface area contributed by atoms with Crippen LogP contribution in [0.3, 0.4) is 0 Å². The molecule has 1 aromatic carbocycles. The molecule has 0 bridgehead atoms. The third-order valence-corrected chi connectivity index (χ3v) is 7.81. The fraction of sp³-hybridized carbons (Fsp3) is 0.571. The Hall–Kier alpha value is -2.91. The Morgan fingerprint density at radius 1 is 1.16 bits per heavy atom. The van der Waals surface area contributed by atoms with E-state index in [2.05, 4.69) is 48.1 Å². The van der Waals surface area contributed by atoms with Crippen LogP contribution in [0.25, 0.3) is 0 Å². The zero-order valence-corrected chi connectivity index (χ0v) is 22.2. The minimum absolute atomic E-state index is 0.0350. The summed E-state index contributed by atoms with van der Waals surface area (Å²) in [7, 11) is 0. The zero-order valence-electron chi connectivity index (χ0n) is 22.2. The fourth-order valence-corrected chi connectivity index (χ4v) is 5.85. The molecule has 9 heteroatoms. The second kappa shape index (κ2) is 10.1. The first kappa shape index (κ1) is 25.7. The lowest BCUT2D eigenvalue weighted by Gasteiger charge is -2.41. The lowest BCUT2D eigenvalue weighted by molar-refractivity contribution is -0.128. The molecule has 0 saturated carbocycles. The second-order valence-electron chi connectivity index (χ2n) is 11.7. The third kappa shape index (κ3) is 5.52. The van der Waals surface area contributed by atoms with E-state index in [0.717, 1.165) is 42.3 Å². The van der Waals surface area contributed by atoms with Gasteiger partial charge in [0.2, 0.25) is 11.8 Å². The number of aromatic nitrogens is 2. The summed E-state index contributed by atoms with van der Waals surface area (Å²) in [6, 6.07) is 8.69. The molecule has 3 atom stereocenters. The molecule has 8 nitrogen and oxygen atoms in total. The quantitative estimate of drug-likeness (QED) is 0.645. The predicted octanol–water partition coefficient (Wildman–Crippen LogP) is 2.36. The van der Waals surface area contributed by atoms with Crippen molar-refractivity contribution in [3.05, 3.63) is 53.1 Å². The van der Waals surface area contributed by atoms with Gasteiger partial charge in [0.15, 0.2) is 0 Å². The molecule has 4 heterocycles. The largest absolute Gasteiger partial charge is 0.341 e. The number of amides is 2. The van der Waals surface area contributed by atoms with Gasteiger partial charge in [-0.1, -0.05) is 32.9 Å². The Bertz CT molecular complexity index is 1170. The Balaban J connectivity index is 1.33. The van der Waals surface area contributed by atoms with Gasteiger partial charge in [-0.15, -0.1) is 0 Å². The summed E-state index contributed by atoms with van der Waals surface area (Å²) < 4.78 is 13.3. The average molecular weight is 509 g/mol. The number of likely N-dealkylation sites (tertiary alicyclic amines) is 1. The molecule has 0 spiro atoms. The van der Waals surface area contributed by atoms with Crippen molar-refractivity contribution in [3.8, 4) is 0 Å². The van der Waals surface area contributed by atoms with Crippen molar-refractivity contribution in [2.24, 2.45) is 5.92 Å². The Morgan fingerprint density at radius 2 is 1.92 bits per heavy atom. The first-order valence-electron chi connectivity index (χ1n) is 13.3. The van der Waals surface area contributed by atoms with E-state index in [9.17, 15) is 14.0 Å². The van der Waals surface area contributed by atoms with Crippen LogP contribution in [0, 0.1) is 11.7 Å². The van der Waals surface area contributed by atoms with E-state index in [0.29, 0.717) is 38.4 Å². The number of hydrogen-bond acceptors (Lipinski definition) is 6. The number of rotatable bonds is 6. The summed E-state index contributed by atoms with van der Waals surface area (Å²) in [6.07, 6.45) is 1.12. The molecule has 2 saturated heterocycles. The van der Waals surface area contributed by atoms with E-state index in [1.54, 1.807) is 12.1 Å². The van der Waals surface area contributed by atoms with Crippen LogP contribution < -0.4 is 10.2 Å². The molecule has 3 aliphatic rings. The molecule has 198 valence electrons. The monoisotopic (exact) mass is 508 g/mol. The van der Waals surface area contributed by atoms with Crippen molar-refractivity contribution in [2.45, 2.75) is 58.0 Å². The molecule has 1 N–H and O–H groups in total. The highest BCUT2D eigenvalue weighted by Crippen LogP contribution is 2.39. The molecule has 1 aromatic heterocycles. The normalized spacial score (nSPS) is 25.5. The highest BCUT2D eigenvalue weighted by molar-refractivity contribution is 5.97. The van der Waals surface area contributed by atoms with Gasteiger partial charge in [0, 0.05) is 63.1 Å². The number of piperazine rings is 1. The smallest absolute Gasteiger partial charge is 0.241 e. The molecular weight excluding hydrogens is 471 g/mol. The molecule has 37 heavy (non-hydrogen) atoms. The van der Waals surface area contributed by atoms with Crippen molar-refractivity contribution in [3.63, 3.8) is 0 Å². The minimum Gasteiger partial charge on any atom is -0.341 e. The van der Waals surface area contributed by atoms with Crippen molar-refractivity contribution < 1.29 is 14.0 Å². The minimum atomic E-state index is -0.305. The van der Waals surface area contributed by atoms with Gasteiger partial charge in [-0.3, -0.25) is 14.5 Å². The summed E-state index contributed by atoms with van der Waals surface area (Å²) in [4.78, 5) is 32.2. The first-order valence-corrected chi connectivity index (χ1v) is 13.3. The summed E-state index contributed by atoms with van der Waals surface area (Å²) in [5.74, 6) is 0.353. The average Bonchev–Trinajstić information content (AvgIpc) is 3.30. The molecule has 0 unspecified atom stereocenters. The molecule has 2 amide bonds. The van der Waals surface area contributed by atoms with E-state index < -0.39 is 0 Å². The summed E-state index contributed by atoms with van der Waals surface area (Å²) in [5.41, 5.74) is 3.02. The van der Waals surface area contributed by atoms with Gasteiger partial charge in [-0.05, 0) is 36.6 Å². The number of carbonyl (C=O) groups is 2. The maximum atomic E-state index is 13.8. The molecular formula is C28H37FN6O2. The molecule has 0 aliphatic carbocycles. The predicted molar refractivity (Wildman–Crippen MR) is 140 cm³/mol. The van der Waals surface area contributed by atoms with Crippen LogP contribution >= 0.6 is 0 Å². The molecule has 0 radical (unpaired) electrons. The number of hydrogen-bond donors (Lipinski definition) is 1. The number of fused-ring (bicyclic) bond motifs is 1. The number of anilines is 1. The highest BCUT2D eigenvalue weighted by Gasteiger charge is 2.41. The number of nitrogens with zero attached hydrogens (tertiary/aromatic N) is 5. The highest BCUT2D eigenvalue weighted by atomic mass is 19.1.